The van der Waals surface area contributed by atoms with E-state index >= 15 is 0 Å². The summed E-state index contributed by atoms with van der Waals surface area (Å²) in [6.07, 6.45) is 3.84. The fourth-order valence-corrected chi connectivity index (χ4v) is 2.79. The first-order valence-corrected chi connectivity index (χ1v) is 7.68. The summed E-state index contributed by atoms with van der Waals surface area (Å²) in [7, 11) is 1.83. The lowest BCUT2D eigenvalue weighted by Gasteiger charge is -2.33. The fourth-order valence-electron chi connectivity index (χ4n) is 2.79. The standard InChI is InChI=1S/C16H26N2O3/c1-16(2,3)14-9-13(17-21-14)15(20)18(4)12-7-5-11(10-19)6-8-12/h9,11-12,19H,5-8,10H2,1-4H3. The molecule has 1 aromatic heterocycles. The van der Waals surface area contributed by atoms with E-state index in [9.17, 15) is 9.90 Å². The van der Waals surface area contributed by atoms with E-state index in [1.165, 1.54) is 0 Å². The van der Waals surface area contributed by atoms with Crippen molar-refractivity contribution in [2.45, 2.75) is 57.9 Å². The maximum Gasteiger partial charge on any atom is 0.276 e. The van der Waals surface area contributed by atoms with E-state index in [-0.39, 0.29) is 24.0 Å². The van der Waals surface area contributed by atoms with Crippen LogP contribution in [0.1, 0.15) is 62.7 Å². The van der Waals surface area contributed by atoms with Crippen LogP contribution in [0.25, 0.3) is 0 Å². The van der Waals surface area contributed by atoms with Crippen LogP contribution in [0.15, 0.2) is 10.6 Å². The minimum absolute atomic E-state index is 0.0818. The molecule has 0 aromatic carbocycles. The van der Waals surface area contributed by atoms with Crippen molar-refractivity contribution in [2.24, 2.45) is 5.92 Å². The molecule has 0 spiro atoms. The van der Waals surface area contributed by atoms with Gasteiger partial charge in [0, 0.05) is 31.2 Å². The van der Waals surface area contributed by atoms with Crippen LogP contribution in [-0.4, -0.2) is 40.8 Å². The topological polar surface area (TPSA) is 66.6 Å². The molecule has 5 heteroatoms. The van der Waals surface area contributed by atoms with E-state index < -0.39 is 0 Å². The highest BCUT2D eigenvalue weighted by Crippen LogP contribution is 2.28. The van der Waals surface area contributed by atoms with Gasteiger partial charge in [-0.15, -0.1) is 0 Å². The van der Waals surface area contributed by atoms with Crippen LogP contribution in [0.3, 0.4) is 0 Å². The van der Waals surface area contributed by atoms with Crippen molar-refractivity contribution in [3.8, 4) is 0 Å². The van der Waals surface area contributed by atoms with Gasteiger partial charge < -0.3 is 14.5 Å². The molecule has 5 nitrogen and oxygen atoms in total. The summed E-state index contributed by atoms with van der Waals surface area (Å²) in [5.41, 5.74) is 0.232. The van der Waals surface area contributed by atoms with Crippen molar-refractivity contribution < 1.29 is 14.4 Å². The predicted octanol–water partition coefficient (Wildman–Crippen LogP) is 2.60. The van der Waals surface area contributed by atoms with Crippen molar-refractivity contribution in [2.75, 3.05) is 13.7 Å². The Balaban J connectivity index is 2.01. The first-order chi connectivity index (χ1) is 9.82. The molecule has 0 unspecified atom stereocenters. The number of aromatic nitrogens is 1. The number of hydrogen-bond donors (Lipinski definition) is 1. The van der Waals surface area contributed by atoms with Gasteiger partial charge in [0.05, 0.1) is 0 Å². The molecule has 1 heterocycles. The monoisotopic (exact) mass is 294 g/mol. The second-order valence-electron chi connectivity index (χ2n) is 7.10. The Labute approximate surface area is 126 Å². The van der Waals surface area contributed by atoms with Gasteiger partial charge in [0.25, 0.3) is 5.91 Å². The van der Waals surface area contributed by atoms with Crippen LogP contribution in [0, 0.1) is 5.92 Å². The van der Waals surface area contributed by atoms with Gasteiger partial charge in [-0.2, -0.15) is 0 Å². The Morgan fingerprint density at radius 1 is 1.38 bits per heavy atom. The molecule has 1 aliphatic rings. The van der Waals surface area contributed by atoms with E-state index in [0.29, 0.717) is 11.6 Å². The van der Waals surface area contributed by atoms with Crippen LogP contribution >= 0.6 is 0 Å². The second kappa shape index (κ2) is 6.18. The third-order valence-corrected chi connectivity index (χ3v) is 4.41. The average molecular weight is 294 g/mol. The van der Waals surface area contributed by atoms with Gasteiger partial charge >= 0.3 is 0 Å². The molecule has 21 heavy (non-hydrogen) atoms. The molecule has 0 aliphatic heterocycles. The molecule has 2 rings (SSSR count). The Kier molecular flexibility index (Phi) is 4.71. The van der Waals surface area contributed by atoms with E-state index in [1.54, 1.807) is 11.0 Å². The van der Waals surface area contributed by atoms with Gasteiger partial charge in [-0.1, -0.05) is 25.9 Å². The Hall–Kier alpha value is -1.36. The van der Waals surface area contributed by atoms with E-state index in [4.69, 9.17) is 4.52 Å². The first kappa shape index (κ1) is 16.0. The van der Waals surface area contributed by atoms with Gasteiger partial charge in [0.1, 0.15) is 5.76 Å². The van der Waals surface area contributed by atoms with Crippen LogP contribution in [0.5, 0.6) is 0 Å². The molecule has 1 amide bonds. The summed E-state index contributed by atoms with van der Waals surface area (Å²) in [5.74, 6) is 1.04. The maximum atomic E-state index is 12.5. The zero-order valence-corrected chi connectivity index (χ0v) is 13.4. The lowest BCUT2D eigenvalue weighted by atomic mass is 9.86. The Morgan fingerprint density at radius 3 is 2.48 bits per heavy atom. The lowest BCUT2D eigenvalue weighted by Crippen LogP contribution is -2.40. The normalized spacial score (nSPS) is 23.1. The second-order valence-corrected chi connectivity index (χ2v) is 7.10. The van der Waals surface area contributed by atoms with Crippen LogP contribution < -0.4 is 0 Å². The van der Waals surface area contributed by atoms with E-state index in [0.717, 1.165) is 31.4 Å². The minimum atomic E-state index is -0.150. The summed E-state index contributed by atoms with van der Waals surface area (Å²) in [6.45, 7) is 6.34. The summed E-state index contributed by atoms with van der Waals surface area (Å²) in [5, 5.41) is 13.1. The molecule has 1 fully saturated rings. The number of rotatable bonds is 3. The number of amides is 1. The smallest absolute Gasteiger partial charge is 0.276 e. The van der Waals surface area contributed by atoms with Crippen molar-refractivity contribution in [1.29, 1.82) is 0 Å². The van der Waals surface area contributed by atoms with Crippen LogP contribution in [0.4, 0.5) is 0 Å². The molecule has 0 saturated heterocycles. The van der Waals surface area contributed by atoms with Crippen molar-refractivity contribution >= 4 is 5.91 Å². The molecule has 0 radical (unpaired) electrons. The van der Waals surface area contributed by atoms with E-state index in [1.807, 2.05) is 27.8 Å². The zero-order chi connectivity index (χ0) is 15.6. The molecule has 1 saturated carbocycles. The molecular formula is C16H26N2O3. The first-order valence-electron chi connectivity index (χ1n) is 7.68. The molecular weight excluding hydrogens is 268 g/mol. The molecule has 118 valence electrons. The number of hydrogen-bond acceptors (Lipinski definition) is 4. The molecule has 1 aliphatic carbocycles. The van der Waals surface area contributed by atoms with Crippen molar-refractivity contribution in [1.82, 2.24) is 10.1 Å². The van der Waals surface area contributed by atoms with Crippen molar-refractivity contribution in [3.63, 3.8) is 0 Å². The summed E-state index contributed by atoms with van der Waals surface area (Å²) in [4.78, 5) is 14.3. The minimum Gasteiger partial charge on any atom is -0.396 e. The Bertz CT molecular complexity index is 482. The number of aliphatic hydroxyl groups is 1. The van der Waals surface area contributed by atoms with Gasteiger partial charge in [0.2, 0.25) is 0 Å². The molecule has 0 atom stereocenters. The highest BCUT2D eigenvalue weighted by atomic mass is 16.5. The van der Waals surface area contributed by atoms with Gasteiger partial charge in [-0.05, 0) is 31.6 Å². The van der Waals surface area contributed by atoms with Crippen LogP contribution in [-0.2, 0) is 5.41 Å². The van der Waals surface area contributed by atoms with Gasteiger partial charge in [-0.25, -0.2) is 0 Å². The lowest BCUT2D eigenvalue weighted by molar-refractivity contribution is 0.0642. The SMILES string of the molecule is CN(C(=O)c1cc(C(C)(C)C)on1)C1CCC(CO)CC1. The molecule has 1 aromatic rings. The highest BCUT2D eigenvalue weighted by molar-refractivity contribution is 5.92. The Morgan fingerprint density at radius 2 is 2.00 bits per heavy atom. The van der Waals surface area contributed by atoms with E-state index in [2.05, 4.69) is 5.16 Å². The van der Waals surface area contributed by atoms with Gasteiger partial charge in [-0.3, -0.25) is 4.79 Å². The highest BCUT2D eigenvalue weighted by Gasteiger charge is 2.29. The van der Waals surface area contributed by atoms with Crippen molar-refractivity contribution in [3.05, 3.63) is 17.5 Å². The third kappa shape index (κ3) is 3.64. The fraction of sp³-hybridized carbons (Fsp3) is 0.750. The van der Waals surface area contributed by atoms with Gasteiger partial charge in [0.15, 0.2) is 5.69 Å². The number of carbonyl (C=O) groups is 1. The summed E-state index contributed by atoms with van der Waals surface area (Å²) >= 11 is 0. The largest absolute Gasteiger partial charge is 0.396 e. The number of aliphatic hydroxyl groups excluding tert-OH is 1. The number of nitrogens with zero attached hydrogens (tertiary/aromatic N) is 2. The molecule has 0 bridgehead atoms. The quantitative estimate of drug-likeness (QED) is 0.930. The van der Waals surface area contributed by atoms with Crippen LogP contribution in [0.2, 0.25) is 0 Å². The zero-order valence-electron chi connectivity index (χ0n) is 13.4. The third-order valence-electron chi connectivity index (χ3n) is 4.41. The molecule has 1 N–H and O–H groups in total. The maximum absolute atomic E-state index is 12.5. The predicted molar refractivity (Wildman–Crippen MR) is 80.1 cm³/mol. The summed E-state index contributed by atoms with van der Waals surface area (Å²) in [6, 6.07) is 1.98. The average Bonchev–Trinajstić information content (AvgIpc) is 2.95. The summed E-state index contributed by atoms with van der Waals surface area (Å²) < 4.78 is 5.29. The number of carbonyl (C=O) groups excluding carboxylic acids is 1.